The van der Waals surface area contributed by atoms with E-state index in [1.54, 1.807) is 0 Å². The normalized spacial score (nSPS) is 15.4. The van der Waals surface area contributed by atoms with Crippen molar-refractivity contribution in [2.45, 2.75) is 38.6 Å². The summed E-state index contributed by atoms with van der Waals surface area (Å²) >= 11 is 6.14. The number of aromatic nitrogens is 1. The average Bonchev–Trinajstić information content (AvgIpc) is 3.10. The second-order valence-electron chi connectivity index (χ2n) is 5.24. The van der Waals surface area contributed by atoms with Crippen LogP contribution in [-0.2, 0) is 6.42 Å². The Hall–Kier alpha value is -0.990. The molecule has 0 atom stereocenters. The number of aryl methyl sites for hydroxylation is 2. The van der Waals surface area contributed by atoms with Crippen LogP contribution in [0, 0.1) is 6.92 Å². The van der Waals surface area contributed by atoms with E-state index in [0.29, 0.717) is 0 Å². The predicted molar refractivity (Wildman–Crippen MR) is 77.4 cm³/mol. The molecule has 96 valence electrons. The fraction of sp³-hybridized carbons (Fsp3) is 0.467. The maximum absolute atomic E-state index is 6.14. The molecule has 1 aromatic heterocycles. The minimum absolute atomic E-state index is 0.814. The minimum atomic E-state index is 0.814. The first-order chi connectivity index (χ1) is 8.75. The summed E-state index contributed by atoms with van der Waals surface area (Å²) in [5, 5.41) is 5.72. The zero-order valence-electron chi connectivity index (χ0n) is 10.7. The van der Waals surface area contributed by atoms with E-state index < -0.39 is 0 Å². The smallest absolute Gasteiger partial charge is 0.0501 e. The van der Waals surface area contributed by atoms with Gasteiger partial charge in [0.1, 0.15) is 0 Å². The van der Waals surface area contributed by atoms with Crippen LogP contribution in [0.15, 0.2) is 18.3 Å². The summed E-state index contributed by atoms with van der Waals surface area (Å²) in [7, 11) is 0. The molecule has 0 spiro atoms. The van der Waals surface area contributed by atoms with E-state index in [0.717, 1.165) is 29.6 Å². The molecule has 0 bridgehead atoms. The molecule has 3 heteroatoms. The van der Waals surface area contributed by atoms with Crippen molar-refractivity contribution < 1.29 is 0 Å². The molecule has 0 aliphatic heterocycles. The van der Waals surface area contributed by atoms with E-state index in [9.17, 15) is 0 Å². The van der Waals surface area contributed by atoms with Gasteiger partial charge in [0.2, 0.25) is 0 Å². The van der Waals surface area contributed by atoms with Crippen LogP contribution in [-0.4, -0.2) is 17.6 Å². The first-order valence-electron chi connectivity index (χ1n) is 6.74. The van der Waals surface area contributed by atoms with Gasteiger partial charge in [0.15, 0.2) is 0 Å². The molecule has 0 radical (unpaired) electrons. The summed E-state index contributed by atoms with van der Waals surface area (Å²) in [6, 6.07) is 4.94. The van der Waals surface area contributed by atoms with Gasteiger partial charge in [0.05, 0.1) is 5.52 Å². The molecule has 2 N–H and O–H groups in total. The van der Waals surface area contributed by atoms with Gasteiger partial charge in [-0.3, -0.25) is 0 Å². The monoisotopic (exact) mass is 262 g/mol. The topological polar surface area (TPSA) is 27.8 Å². The molecule has 1 heterocycles. The first-order valence-corrected chi connectivity index (χ1v) is 7.12. The Morgan fingerprint density at radius 3 is 3.00 bits per heavy atom. The number of nitrogens with one attached hydrogen (secondary N) is 2. The Morgan fingerprint density at radius 1 is 1.39 bits per heavy atom. The third-order valence-corrected chi connectivity index (χ3v) is 4.18. The highest BCUT2D eigenvalue weighted by atomic mass is 35.5. The van der Waals surface area contributed by atoms with Gasteiger partial charge in [-0.15, -0.1) is 0 Å². The molecule has 0 amide bonds. The number of halogens is 1. The lowest BCUT2D eigenvalue weighted by Crippen LogP contribution is -2.17. The summed E-state index contributed by atoms with van der Waals surface area (Å²) < 4.78 is 0. The van der Waals surface area contributed by atoms with Gasteiger partial charge in [-0.05, 0) is 56.3 Å². The Bertz CT molecular complexity index is 555. The Labute approximate surface area is 113 Å². The molecule has 1 aromatic carbocycles. The Morgan fingerprint density at radius 2 is 2.22 bits per heavy atom. The zero-order valence-corrected chi connectivity index (χ0v) is 11.5. The van der Waals surface area contributed by atoms with Gasteiger partial charge in [0, 0.05) is 22.6 Å². The van der Waals surface area contributed by atoms with E-state index >= 15 is 0 Å². The second-order valence-corrected chi connectivity index (χ2v) is 5.65. The molecule has 1 saturated carbocycles. The highest BCUT2D eigenvalue weighted by Crippen LogP contribution is 2.27. The van der Waals surface area contributed by atoms with Gasteiger partial charge in [0.25, 0.3) is 0 Å². The number of hydrogen-bond acceptors (Lipinski definition) is 1. The van der Waals surface area contributed by atoms with E-state index in [2.05, 4.69) is 29.5 Å². The van der Waals surface area contributed by atoms with Gasteiger partial charge < -0.3 is 10.3 Å². The molecular weight excluding hydrogens is 244 g/mol. The molecule has 1 fully saturated rings. The van der Waals surface area contributed by atoms with Crippen molar-refractivity contribution in [2.75, 3.05) is 6.54 Å². The van der Waals surface area contributed by atoms with Crippen molar-refractivity contribution in [1.82, 2.24) is 10.3 Å². The highest BCUT2D eigenvalue weighted by Gasteiger charge is 2.19. The van der Waals surface area contributed by atoms with Crippen LogP contribution < -0.4 is 5.32 Å². The lowest BCUT2D eigenvalue weighted by atomic mass is 10.1. The van der Waals surface area contributed by atoms with Crippen LogP contribution >= 0.6 is 11.6 Å². The average molecular weight is 263 g/mol. The van der Waals surface area contributed by atoms with Crippen molar-refractivity contribution in [1.29, 1.82) is 0 Å². The summed E-state index contributed by atoms with van der Waals surface area (Å²) in [5.74, 6) is 0. The molecule has 1 aliphatic carbocycles. The standard InChI is InChI=1S/C15H19ClN2/c1-10-14(16)7-6-13-11(9-18-15(10)13)3-2-8-17-12-4-5-12/h6-7,9,12,17-18H,2-5,8H2,1H3. The number of rotatable bonds is 5. The molecular formula is C15H19ClN2. The number of aromatic amines is 1. The molecule has 2 aromatic rings. The van der Waals surface area contributed by atoms with Crippen LogP contribution in [0.4, 0.5) is 0 Å². The van der Waals surface area contributed by atoms with Gasteiger partial charge in [-0.2, -0.15) is 0 Å². The molecule has 3 rings (SSSR count). The Balaban J connectivity index is 1.69. The molecule has 2 nitrogen and oxygen atoms in total. The highest BCUT2D eigenvalue weighted by molar-refractivity contribution is 6.32. The SMILES string of the molecule is Cc1c(Cl)ccc2c(CCCNC3CC3)c[nH]c12. The quantitative estimate of drug-likeness (QED) is 0.788. The van der Waals surface area contributed by atoms with E-state index in [-0.39, 0.29) is 0 Å². The lowest BCUT2D eigenvalue weighted by molar-refractivity contribution is 0.646. The van der Waals surface area contributed by atoms with E-state index in [4.69, 9.17) is 11.6 Å². The minimum Gasteiger partial charge on any atom is -0.361 e. The fourth-order valence-corrected chi connectivity index (χ4v) is 2.61. The van der Waals surface area contributed by atoms with Crippen LogP contribution in [0.2, 0.25) is 5.02 Å². The van der Waals surface area contributed by atoms with Crippen LogP contribution in [0.25, 0.3) is 10.9 Å². The lowest BCUT2D eigenvalue weighted by Gasteiger charge is -2.03. The predicted octanol–water partition coefficient (Wildman–Crippen LogP) is 3.81. The van der Waals surface area contributed by atoms with Gasteiger partial charge in [-0.1, -0.05) is 17.7 Å². The van der Waals surface area contributed by atoms with Crippen molar-refractivity contribution >= 4 is 22.5 Å². The summed E-state index contributed by atoms with van der Waals surface area (Å²) in [6.45, 7) is 3.20. The van der Waals surface area contributed by atoms with Crippen molar-refractivity contribution in [3.8, 4) is 0 Å². The molecule has 18 heavy (non-hydrogen) atoms. The second kappa shape index (κ2) is 4.94. The maximum Gasteiger partial charge on any atom is 0.0501 e. The largest absolute Gasteiger partial charge is 0.361 e. The van der Waals surface area contributed by atoms with E-state index in [1.807, 2.05) is 6.07 Å². The number of H-pyrrole nitrogens is 1. The third-order valence-electron chi connectivity index (χ3n) is 3.77. The first kappa shape index (κ1) is 12.1. The third kappa shape index (κ3) is 2.40. The maximum atomic E-state index is 6.14. The van der Waals surface area contributed by atoms with Crippen molar-refractivity contribution in [3.63, 3.8) is 0 Å². The molecule has 0 saturated heterocycles. The van der Waals surface area contributed by atoms with Gasteiger partial charge >= 0.3 is 0 Å². The number of fused-ring (bicyclic) bond motifs is 1. The number of benzene rings is 1. The number of hydrogen-bond donors (Lipinski definition) is 2. The molecule has 1 aliphatic rings. The fourth-order valence-electron chi connectivity index (χ4n) is 2.46. The van der Waals surface area contributed by atoms with Crippen LogP contribution in [0.3, 0.4) is 0 Å². The summed E-state index contributed by atoms with van der Waals surface area (Å²) in [5.41, 5.74) is 3.74. The van der Waals surface area contributed by atoms with Gasteiger partial charge in [-0.25, -0.2) is 0 Å². The molecule has 0 unspecified atom stereocenters. The summed E-state index contributed by atoms with van der Waals surface area (Å²) in [6.07, 6.45) is 7.19. The Kier molecular flexibility index (Phi) is 3.31. The zero-order chi connectivity index (χ0) is 12.5. The van der Waals surface area contributed by atoms with Crippen molar-refractivity contribution in [3.05, 3.63) is 34.5 Å². The van der Waals surface area contributed by atoms with Crippen LogP contribution in [0.1, 0.15) is 30.4 Å². The van der Waals surface area contributed by atoms with Crippen molar-refractivity contribution in [2.24, 2.45) is 0 Å². The van der Waals surface area contributed by atoms with Crippen LogP contribution in [0.5, 0.6) is 0 Å². The van der Waals surface area contributed by atoms with E-state index in [1.165, 1.54) is 35.7 Å². The summed E-state index contributed by atoms with van der Waals surface area (Å²) in [4.78, 5) is 3.35.